The first kappa shape index (κ1) is 23.2. The van der Waals surface area contributed by atoms with Crippen LogP contribution in [-0.4, -0.2) is 63.2 Å². The molecule has 0 spiro atoms. The van der Waals surface area contributed by atoms with Crippen LogP contribution in [-0.2, 0) is 16.1 Å². The van der Waals surface area contributed by atoms with Gasteiger partial charge in [-0.3, -0.25) is 9.79 Å². The molecule has 7 nitrogen and oxygen atoms in total. The van der Waals surface area contributed by atoms with Crippen molar-refractivity contribution in [2.75, 3.05) is 46.2 Å². The van der Waals surface area contributed by atoms with Crippen molar-refractivity contribution in [3.05, 3.63) is 35.9 Å². The standard InChI is InChI=1S/C21H29N5O2.HI/c1-22-21(26-11-9-15(10-12-26)20(27)28-4)23-14-16-13-19(25(2)3)24-18-8-6-5-7-17(16)18;/h5-8,13,15H,9-12,14H2,1-4H3,(H,22,23);1H. The molecule has 1 fully saturated rings. The molecule has 158 valence electrons. The number of esters is 1. The van der Waals surface area contributed by atoms with Crippen LogP contribution in [0.1, 0.15) is 18.4 Å². The molecule has 1 aliphatic rings. The average Bonchev–Trinajstić information content (AvgIpc) is 2.73. The fraction of sp³-hybridized carbons (Fsp3) is 0.476. The number of carbonyl (C=O) groups excluding carboxylic acids is 1. The molecule has 0 bridgehead atoms. The Morgan fingerprint density at radius 2 is 2.00 bits per heavy atom. The molecule has 0 saturated carbocycles. The van der Waals surface area contributed by atoms with Crippen LogP contribution in [0.2, 0.25) is 0 Å². The lowest BCUT2D eigenvalue weighted by Crippen LogP contribution is -2.46. The number of hydrogen-bond acceptors (Lipinski definition) is 5. The van der Waals surface area contributed by atoms with E-state index < -0.39 is 0 Å². The van der Waals surface area contributed by atoms with Gasteiger partial charge >= 0.3 is 5.97 Å². The molecule has 2 aromatic rings. The summed E-state index contributed by atoms with van der Waals surface area (Å²) in [6, 6.07) is 10.3. The van der Waals surface area contributed by atoms with Gasteiger partial charge in [0.05, 0.1) is 18.5 Å². The minimum atomic E-state index is -0.109. The lowest BCUT2D eigenvalue weighted by Gasteiger charge is -2.33. The van der Waals surface area contributed by atoms with Gasteiger partial charge in [0.2, 0.25) is 0 Å². The molecule has 1 N–H and O–H groups in total. The second-order valence-corrected chi connectivity index (χ2v) is 7.24. The highest BCUT2D eigenvalue weighted by atomic mass is 127. The highest BCUT2D eigenvalue weighted by molar-refractivity contribution is 14.0. The first-order chi connectivity index (χ1) is 13.5. The summed E-state index contributed by atoms with van der Waals surface area (Å²) in [4.78, 5) is 25.1. The van der Waals surface area contributed by atoms with Crippen LogP contribution in [0.3, 0.4) is 0 Å². The van der Waals surface area contributed by atoms with Crippen LogP contribution in [0.25, 0.3) is 10.9 Å². The maximum atomic E-state index is 11.7. The van der Waals surface area contributed by atoms with Crippen molar-refractivity contribution in [3.8, 4) is 0 Å². The number of guanidine groups is 1. The minimum Gasteiger partial charge on any atom is -0.469 e. The van der Waals surface area contributed by atoms with Gasteiger partial charge in [0.15, 0.2) is 5.96 Å². The average molecular weight is 511 g/mol. The number of fused-ring (bicyclic) bond motifs is 1. The molecular formula is C21H30IN5O2. The third-order valence-corrected chi connectivity index (χ3v) is 5.22. The quantitative estimate of drug-likeness (QED) is 0.295. The number of likely N-dealkylation sites (tertiary alicyclic amines) is 1. The number of nitrogens with one attached hydrogen (secondary N) is 1. The van der Waals surface area contributed by atoms with Crippen molar-refractivity contribution in [2.45, 2.75) is 19.4 Å². The molecule has 0 aliphatic carbocycles. The number of aromatic nitrogens is 1. The Balaban J connectivity index is 0.00000300. The first-order valence-electron chi connectivity index (χ1n) is 9.63. The summed E-state index contributed by atoms with van der Waals surface area (Å²) in [7, 11) is 7.25. The Bertz CT molecular complexity index is 863. The predicted octanol–water partition coefficient (Wildman–Crippen LogP) is 2.88. The van der Waals surface area contributed by atoms with Gasteiger partial charge in [-0.25, -0.2) is 4.98 Å². The summed E-state index contributed by atoms with van der Waals surface area (Å²) in [5.41, 5.74) is 2.17. The number of pyridine rings is 1. The Morgan fingerprint density at radius 3 is 2.62 bits per heavy atom. The van der Waals surface area contributed by atoms with Gasteiger partial charge in [0.1, 0.15) is 5.82 Å². The summed E-state index contributed by atoms with van der Waals surface area (Å²) in [5, 5.41) is 4.62. The summed E-state index contributed by atoms with van der Waals surface area (Å²) < 4.78 is 4.88. The molecular weight excluding hydrogens is 481 g/mol. The summed E-state index contributed by atoms with van der Waals surface area (Å²) in [6.07, 6.45) is 1.58. The van der Waals surface area contributed by atoms with E-state index in [-0.39, 0.29) is 35.9 Å². The van der Waals surface area contributed by atoms with Gasteiger partial charge < -0.3 is 19.9 Å². The number of carbonyl (C=O) groups is 1. The first-order valence-corrected chi connectivity index (χ1v) is 9.63. The van der Waals surface area contributed by atoms with Crippen LogP contribution in [0, 0.1) is 5.92 Å². The van der Waals surface area contributed by atoms with E-state index in [0.29, 0.717) is 6.54 Å². The van der Waals surface area contributed by atoms with Crippen LogP contribution >= 0.6 is 24.0 Å². The Labute approximate surface area is 189 Å². The maximum Gasteiger partial charge on any atom is 0.308 e. The van der Waals surface area contributed by atoms with Crippen molar-refractivity contribution in [1.82, 2.24) is 15.2 Å². The van der Waals surface area contributed by atoms with E-state index in [4.69, 9.17) is 9.72 Å². The van der Waals surface area contributed by atoms with Crippen LogP contribution in [0.15, 0.2) is 35.3 Å². The second kappa shape index (κ2) is 10.6. The Morgan fingerprint density at radius 1 is 1.31 bits per heavy atom. The molecule has 0 radical (unpaired) electrons. The van der Waals surface area contributed by atoms with E-state index in [1.54, 1.807) is 7.05 Å². The minimum absolute atomic E-state index is 0. The summed E-state index contributed by atoms with van der Waals surface area (Å²) in [5.74, 6) is 1.67. The zero-order valence-electron chi connectivity index (χ0n) is 17.5. The van der Waals surface area contributed by atoms with Gasteiger partial charge in [-0.15, -0.1) is 24.0 Å². The molecule has 1 aliphatic heterocycles. The second-order valence-electron chi connectivity index (χ2n) is 7.24. The van der Waals surface area contributed by atoms with E-state index in [9.17, 15) is 4.79 Å². The molecule has 2 heterocycles. The lowest BCUT2D eigenvalue weighted by atomic mass is 9.97. The number of benzene rings is 1. The van der Waals surface area contributed by atoms with Crippen molar-refractivity contribution < 1.29 is 9.53 Å². The van der Waals surface area contributed by atoms with Crippen LogP contribution < -0.4 is 10.2 Å². The van der Waals surface area contributed by atoms with E-state index >= 15 is 0 Å². The van der Waals surface area contributed by atoms with Gasteiger partial charge in [0, 0.05) is 46.2 Å². The number of aliphatic imine (C=N–C) groups is 1. The third-order valence-electron chi connectivity index (χ3n) is 5.22. The fourth-order valence-corrected chi connectivity index (χ4v) is 3.61. The number of methoxy groups -OCH3 is 1. The van der Waals surface area contributed by atoms with E-state index in [1.165, 1.54) is 12.7 Å². The number of anilines is 1. The topological polar surface area (TPSA) is 70.1 Å². The Hall–Kier alpha value is -2.10. The number of ether oxygens (including phenoxy) is 1. The molecule has 3 rings (SSSR count). The van der Waals surface area contributed by atoms with Crippen molar-refractivity contribution >= 4 is 52.6 Å². The van der Waals surface area contributed by atoms with Crippen molar-refractivity contribution in [3.63, 3.8) is 0 Å². The number of para-hydroxylation sites is 1. The smallest absolute Gasteiger partial charge is 0.308 e. The fourth-order valence-electron chi connectivity index (χ4n) is 3.61. The lowest BCUT2D eigenvalue weighted by molar-refractivity contribution is -0.146. The SMILES string of the molecule is CN=C(NCc1cc(N(C)C)nc2ccccc12)N1CCC(C(=O)OC)CC1.I. The van der Waals surface area contributed by atoms with E-state index in [0.717, 1.165) is 48.6 Å². The molecule has 1 saturated heterocycles. The highest BCUT2D eigenvalue weighted by Crippen LogP contribution is 2.22. The van der Waals surface area contributed by atoms with E-state index in [1.807, 2.05) is 37.2 Å². The van der Waals surface area contributed by atoms with Gasteiger partial charge in [0.25, 0.3) is 0 Å². The van der Waals surface area contributed by atoms with Gasteiger partial charge in [-0.05, 0) is 30.5 Å². The van der Waals surface area contributed by atoms with Crippen molar-refractivity contribution in [1.29, 1.82) is 0 Å². The zero-order chi connectivity index (χ0) is 20.1. The number of piperidine rings is 1. The largest absolute Gasteiger partial charge is 0.469 e. The molecule has 0 unspecified atom stereocenters. The number of halogens is 1. The molecule has 0 atom stereocenters. The summed E-state index contributed by atoms with van der Waals surface area (Å²) >= 11 is 0. The molecule has 1 aromatic carbocycles. The summed E-state index contributed by atoms with van der Waals surface area (Å²) in [6.45, 7) is 2.24. The Kier molecular flexibility index (Phi) is 8.48. The molecule has 29 heavy (non-hydrogen) atoms. The zero-order valence-corrected chi connectivity index (χ0v) is 19.8. The molecule has 0 amide bonds. The number of hydrogen-bond donors (Lipinski definition) is 1. The normalized spacial score (nSPS) is 15.0. The van der Waals surface area contributed by atoms with E-state index in [2.05, 4.69) is 27.3 Å². The van der Waals surface area contributed by atoms with Gasteiger partial charge in [-0.1, -0.05) is 18.2 Å². The molecule has 1 aromatic heterocycles. The van der Waals surface area contributed by atoms with Gasteiger partial charge in [-0.2, -0.15) is 0 Å². The predicted molar refractivity (Wildman–Crippen MR) is 128 cm³/mol. The monoisotopic (exact) mass is 511 g/mol. The molecule has 8 heteroatoms. The number of rotatable bonds is 4. The highest BCUT2D eigenvalue weighted by Gasteiger charge is 2.27. The number of nitrogens with zero attached hydrogens (tertiary/aromatic N) is 4. The van der Waals surface area contributed by atoms with Crippen molar-refractivity contribution in [2.24, 2.45) is 10.9 Å². The maximum absolute atomic E-state index is 11.7. The third kappa shape index (κ3) is 5.49. The van der Waals surface area contributed by atoms with Crippen LogP contribution in [0.4, 0.5) is 5.82 Å². The van der Waals surface area contributed by atoms with Crippen LogP contribution in [0.5, 0.6) is 0 Å².